The molecule has 6 nitrogen and oxygen atoms in total. The summed E-state index contributed by atoms with van der Waals surface area (Å²) in [5.74, 6) is 0.0959. The van der Waals surface area contributed by atoms with Gasteiger partial charge in [-0.15, -0.1) is 5.10 Å². The van der Waals surface area contributed by atoms with Crippen LogP contribution in [0.3, 0.4) is 0 Å². The number of nitriles is 2. The van der Waals surface area contributed by atoms with E-state index in [1.165, 1.54) is 12.1 Å². The normalized spacial score (nSPS) is 20.0. The molecule has 3 N–H and O–H groups in total. The van der Waals surface area contributed by atoms with E-state index in [9.17, 15) is 14.9 Å². The molecule has 7 heteroatoms. The van der Waals surface area contributed by atoms with Gasteiger partial charge in [-0.1, -0.05) is 18.6 Å². The van der Waals surface area contributed by atoms with Crippen molar-refractivity contribution in [3.8, 4) is 29.1 Å². The lowest BCUT2D eigenvalue weighted by Gasteiger charge is -2.47. The van der Waals surface area contributed by atoms with Gasteiger partial charge in [-0.25, -0.2) is 4.39 Å². The first kappa shape index (κ1) is 19.8. The minimum atomic E-state index is -0.906. The van der Waals surface area contributed by atoms with E-state index in [2.05, 4.69) is 22.3 Å². The lowest BCUT2D eigenvalue weighted by Crippen LogP contribution is -2.46. The zero-order chi connectivity index (χ0) is 22.5. The van der Waals surface area contributed by atoms with E-state index in [1.54, 1.807) is 24.3 Å². The third kappa shape index (κ3) is 2.72. The minimum Gasteiger partial charge on any atom is -0.420 e. The van der Waals surface area contributed by atoms with Crippen LogP contribution in [0.15, 0.2) is 53.9 Å². The molecule has 1 saturated carbocycles. The van der Waals surface area contributed by atoms with Crippen LogP contribution in [-0.4, -0.2) is 10.2 Å². The molecule has 0 bridgehead atoms. The Balaban J connectivity index is 1.87. The number of ether oxygens (including phenoxy) is 1. The summed E-state index contributed by atoms with van der Waals surface area (Å²) in [4.78, 5) is 0. The lowest BCUT2D eigenvalue weighted by atomic mass is 9.55. The van der Waals surface area contributed by atoms with Crippen molar-refractivity contribution in [3.05, 3.63) is 82.1 Å². The van der Waals surface area contributed by atoms with E-state index < -0.39 is 5.41 Å². The van der Waals surface area contributed by atoms with Crippen LogP contribution >= 0.6 is 0 Å². The summed E-state index contributed by atoms with van der Waals surface area (Å²) >= 11 is 0. The third-order valence-electron chi connectivity index (χ3n) is 6.66. The second-order valence-corrected chi connectivity index (χ2v) is 8.34. The number of nitrogens with one attached hydrogen (secondary N) is 1. The first-order valence-corrected chi connectivity index (χ1v) is 10.4. The Morgan fingerprint density at radius 2 is 1.97 bits per heavy atom. The summed E-state index contributed by atoms with van der Waals surface area (Å²) in [6.45, 7) is 1.89. The van der Waals surface area contributed by atoms with Crippen LogP contribution in [-0.2, 0) is 5.41 Å². The number of benzene rings is 2. The lowest BCUT2D eigenvalue weighted by molar-refractivity contribution is 0.207. The Kier molecular flexibility index (Phi) is 4.49. The molecule has 3 aromatic rings. The summed E-state index contributed by atoms with van der Waals surface area (Å²) in [5, 5.41) is 27.3. The molecule has 0 saturated heterocycles. The number of allylic oxidation sites excluding steroid dienone is 1. The van der Waals surface area contributed by atoms with Crippen molar-refractivity contribution < 1.29 is 9.13 Å². The van der Waals surface area contributed by atoms with E-state index in [4.69, 9.17) is 10.5 Å². The van der Waals surface area contributed by atoms with Gasteiger partial charge in [-0.05, 0) is 72.7 Å². The molecule has 2 aliphatic rings. The highest BCUT2D eigenvalue weighted by atomic mass is 19.1. The Labute approximate surface area is 184 Å². The van der Waals surface area contributed by atoms with E-state index in [0.29, 0.717) is 28.1 Å². The van der Waals surface area contributed by atoms with Gasteiger partial charge in [-0.3, -0.25) is 5.10 Å². The summed E-state index contributed by atoms with van der Waals surface area (Å²) in [5.41, 5.74) is 9.74. The number of fused-ring (bicyclic) bond motifs is 1. The molecule has 1 aliphatic heterocycles. The molecule has 0 spiro atoms. The number of halogens is 1. The van der Waals surface area contributed by atoms with Gasteiger partial charge in [0, 0.05) is 5.69 Å². The molecule has 1 fully saturated rings. The van der Waals surface area contributed by atoms with E-state index in [1.807, 2.05) is 13.0 Å². The van der Waals surface area contributed by atoms with Gasteiger partial charge in [0.2, 0.25) is 11.8 Å². The molecular weight excluding hydrogens is 405 g/mol. The highest BCUT2D eigenvalue weighted by Gasteiger charge is 2.54. The highest BCUT2D eigenvalue weighted by molar-refractivity contribution is 5.70. The number of hydrogen-bond acceptors (Lipinski definition) is 5. The van der Waals surface area contributed by atoms with Crippen LogP contribution in [0.1, 0.15) is 41.6 Å². The van der Waals surface area contributed by atoms with Gasteiger partial charge in [0.15, 0.2) is 0 Å². The van der Waals surface area contributed by atoms with Crippen molar-refractivity contribution >= 4 is 0 Å². The zero-order valence-electron chi connectivity index (χ0n) is 17.4. The Morgan fingerprint density at radius 1 is 1.16 bits per heavy atom. The van der Waals surface area contributed by atoms with Crippen LogP contribution in [0.25, 0.3) is 11.1 Å². The first-order valence-electron chi connectivity index (χ1n) is 10.4. The Morgan fingerprint density at radius 3 is 2.62 bits per heavy atom. The van der Waals surface area contributed by atoms with E-state index >= 15 is 0 Å². The van der Waals surface area contributed by atoms with Gasteiger partial charge in [0.05, 0.1) is 22.6 Å². The molecule has 32 heavy (non-hydrogen) atoms. The second kappa shape index (κ2) is 7.25. The van der Waals surface area contributed by atoms with E-state index in [-0.39, 0.29) is 17.6 Å². The predicted octanol–water partition coefficient (Wildman–Crippen LogP) is 4.57. The van der Waals surface area contributed by atoms with Crippen molar-refractivity contribution in [3.63, 3.8) is 0 Å². The summed E-state index contributed by atoms with van der Waals surface area (Å²) in [7, 11) is 0. The highest BCUT2D eigenvalue weighted by Crippen LogP contribution is 2.58. The van der Waals surface area contributed by atoms with Gasteiger partial charge in [0.25, 0.3) is 0 Å². The van der Waals surface area contributed by atoms with E-state index in [0.717, 1.165) is 36.1 Å². The van der Waals surface area contributed by atoms with Crippen molar-refractivity contribution in [2.24, 2.45) is 11.7 Å². The van der Waals surface area contributed by atoms with Crippen molar-refractivity contribution in [2.75, 3.05) is 0 Å². The molecule has 1 aromatic heterocycles. The van der Waals surface area contributed by atoms with Crippen LogP contribution in [0, 0.1) is 41.3 Å². The number of nitrogens with zero attached hydrogens (tertiary/aromatic N) is 3. The molecule has 1 unspecified atom stereocenters. The maximum Gasteiger partial charge on any atom is 0.244 e. The average Bonchev–Trinajstić information content (AvgIpc) is 3.12. The molecular formula is C25H20FN5O. The third-order valence-corrected chi connectivity index (χ3v) is 6.66. The van der Waals surface area contributed by atoms with Crippen LogP contribution in [0.2, 0.25) is 0 Å². The van der Waals surface area contributed by atoms with Crippen LogP contribution in [0.5, 0.6) is 5.88 Å². The van der Waals surface area contributed by atoms with Crippen LogP contribution in [0.4, 0.5) is 4.39 Å². The molecule has 1 aliphatic carbocycles. The second-order valence-electron chi connectivity index (χ2n) is 8.34. The van der Waals surface area contributed by atoms with Crippen molar-refractivity contribution in [1.82, 2.24) is 10.2 Å². The standard InChI is InChI=1S/C25H20FN5O/c1-14-22-24(31-30-14)32-23(29)21(13-28)25(22,18-5-3-6-18)19-9-15(12-27)8-17(10-19)16-4-2-7-20(26)11-16/h2,4,7-11,18H,3,5-6,29H2,1H3,(H,30,31). The molecule has 158 valence electrons. The van der Waals surface area contributed by atoms with Crippen molar-refractivity contribution in [1.29, 1.82) is 10.5 Å². The largest absolute Gasteiger partial charge is 0.420 e. The topological polar surface area (TPSA) is 112 Å². The molecule has 5 rings (SSSR count). The fraction of sp³-hybridized carbons (Fsp3) is 0.240. The van der Waals surface area contributed by atoms with Crippen molar-refractivity contribution in [2.45, 2.75) is 31.6 Å². The maximum absolute atomic E-state index is 14.0. The Hall–Kier alpha value is -4.10. The molecule has 0 radical (unpaired) electrons. The van der Waals surface area contributed by atoms with Crippen LogP contribution < -0.4 is 10.5 Å². The predicted molar refractivity (Wildman–Crippen MR) is 115 cm³/mol. The maximum atomic E-state index is 14.0. The monoisotopic (exact) mass is 425 g/mol. The number of H-pyrrole nitrogens is 1. The zero-order valence-corrected chi connectivity index (χ0v) is 17.4. The fourth-order valence-corrected chi connectivity index (χ4v) is 5.09. The SMILES string of the molecule is Cc1[nH]nc2c1C(c1cc(C#N)cc(-c3cccc(F)c3)c1)(C1CCC1)C(C#N)=C(N)O2. The Bertz CT molecular complexity index is 1360. The quantitative estimate of drug-likeness (QED) is 0.638. The smallest absolute Gasteiger partial charge is 0.244 e. The molecule has 1 atom stereocenters. The molecule has 0 amide bonds. The summed E-state index contributed by atoms with van der Waals surface area (Å²) in [6.07, 6.45) is 2.83. The fourth-order valence-electron chi connectivity index (χ4n) is 5.09. The van der Waals surface area contributed by atoms with Gasteiger partial charge >= 0.3 is 0 Å². The molecule has 2 heterocycles. The number of hydrogen-bond donors (Lipinski definition) is 2. The summed E-state index contributed by atoms with van der Waals surface area (Å²) < 4.78 is 19.7. The average molecular weight is 425 g/mol. The number of nitrogens with two attached hydrogens (primary N) is 1. The first-order chi connectivity index (χ1) is 15.5. The van der Waals surface area contributed by atoms with Gasteiger partial charge in [-0.2, -0.15) is 10.5 Å². The number of rotatable bonds is 3. The summed E-state index contributed by atoms with van der Waals surface area (Å²) in [6, 6.07) is 16.2. The van der Waals surface area contributed by atoms with Gasteiger partial charge < -0.3 is 10.5 Å². The number of aromatic amines is 1. The number of aromatic nitrogens is 2. The number of aryl methyl sites for hydroxylation is 1. The van der Waals surface area contributed by atoms with Gasteiger partial charge in [0.1, 0.15) is 17.5 Å². The molecule has 2 aromatic carbocycles. The minimum absolute atomic E-state index is 0.0214.